The van der Waals surface area contributed by atoms with Crippen LogP contribution in [0, 0.1) is 0 Å². The molecule has 122 valence electrons. The van der Waals surface area contributed by atoms with Gasteiger partial charge in [-0.1, -0.05) is 12.1 Å². The number of halogens is 1. The molecule has 7 heteroatoms. The summed E-state index contributed by atoms with van der Waals surface area (Å²) in [5.41, 5.74) is 7.19. The molecule has 1 fully saturated rings. The van der Waals surface area contributed by atoms with E-state index < -0.39 is 0 Å². The summed E-state index contributed by atoms with van der Waals surface area (Å²) in [4.78, 5) is 25.9. The molecule has 22 heavy (non-hydrogen) atoms. The molecule has 1 amide bonds. The normalized spacial score (nSPS) is 17.5. The van der Waals surface area contributed by atoms with Gasteiger partial charge in [0.2, 0.25) is 0 Å². The minimum absolute atomic E-state index is 0. The maximum absolute atomic E-state index is 12.6. The second kappa shape index (κ2) is 9.02. The summed E-state index contributed by atoms with van der Waals surface area (Å²) in [7, 11) is 1.37. The van der Waals surface area contributed by atoms with Gasteiger partial charge < -0.3 is 15.4 Å². The summed E-state index contributed by atoms with van der Waals surface area (Å²) in [5.74, 6) is 1.35. The number of thioether (sulfide) groups is 1. The highest BCUT2D eigenvalue weighted by molar-refractivity contribution is 7.99. The van der Waals surface area contributed by atoms with Crippen LogP contribution in [0.2, 0.25) is 0 Å². The van der Waals surface area contributed by atoms with Gasteiger partial charge in [-0.3, -0.25) is 9.59 Å². The summed E-state index contributed by atoms with van der Waals surface area (Å²) in [6.07, 6.45) is 0.246. The van der Waals surface area contributed by atoms with Crippen LogP contribution >= 0.6 is 24.2 Å². The molecule has 0 radical (unpaired) electrons. The van der Waals surface area contributed by atoms with E-state index in [1.807, 2.05) is 12.1 Å². The van der Waals surface area contributed by atoms with Gasteiger partial charge in [0.15, 0.2) is 0 Å². The lowest BCUT2D eigenvalue weighted by atomic mass is 10.1. The van der Waals surface area contributed by atoms with Gasteiger partial charge in [-0.15, -0.1) is 12.4 Å². The van der Waals surface area contributed by atoms with Gasteiger partial charge in [0, 0.05) is 30.2 Å². The van der Waals surface area contributed by atoms with E-state index in [1.54, 1.807) is 28.8 Å². The molecule has 5 nitrogen and oxygen atoms in total. The van der Waals surface area contributed by atoms with Gasteiger partial charge >= 0.3 is 5.97 Å². The van der Waals surface area contributed by atoms with Gasteiger partial charge in [0.05, 0.1) is 19.6 Å². The lowest BCUT2D eigenvalue weighted by molar-refractivity contribution is -0.141. The predicted octanol–water partition coefficient (Wildman–Crippen LogP) is 1.69. The average Bonchev–Trinajstić information content (AvgIpc) is 2.54. The first kappa shape index (κ1) is 18.8. The average molecular weight is 345 g/mol. The summed E-state index contributed by atoms with van der Waals surface area (Å²) in [6.45, 7) is 1.11. The molecule has 1 aliphatic rings. The third-order valence-electron chi connectivity index (χ3n) is 3.55. The van der Waals surface area contributed by atoms with E-state index in [-0.39, 0.29) is 36.7 Å². The molecule has 0 saturated carbocycles. The standard InChI is InChI=1S/C15H20N2O3S.ClH/c1-20-14(18)8-13-10-21-7-6-17(13)15(19)12-4-2-11(9-16)3-5-12;/h2-5,13H,6-10,16H2,1H3;1H. The number of carbonyl (C=O) groups is 2. The Balaban J connectivity index is 0.00000242. The summed E-state index contributed by atoms with van der Waals surface area (Å²) < 4.78 is 4.72. The van der Waals surface area contributed by atoms with Crippen molar-refractivity contribution in [2.45, 2.75) is 19.0 Å². The van der Waals surface area contributed by atoms with Crippen LogP contribution in [0.25, 0.3) is 0 Å². The number of hydrogen-bond acceptors (Lipinski definition) is 5. The Morgan fingerprint density at radius 2 is 2.05 bits per heavy atom. The molecule has 1 unspecified atom stereocenters. The van der Waals surface area contributed by atoms with Crippen molar-refractivity contribution in [1.29, 1.82) is 0 Å². The number of methoxy groups -OCH3 is 1. The quantitative estimate of drug-likeness (QED) is 0.841. The highest BCUT2D eigenvalue weighted by Gasteiger charge is 2.29. The van der Waals surface area contributed by atoms with Gasteiger partial charge in [-0.25, -0.2) is 0 Å². The van der Waals surface area contributed by atoms with Gasteiger partial charge in [0.1, 0.15) is 0 Å². The lowest BCUT2D eigenvalue weighted by Crippen LogP contribution is -2.47. The SMILES string of the molecule is COC(=O)CC1CSCCN1C(=O)c1ccc(CN)cc1.Cl. The van der Waals surface area contributed by atoms with Crippen LogP contribution in [-0.4, -0.2) is 48.0 Å². The summed E-state index contributed by atoms with van der Waals surface area (Å²) in [6, 6.07) is 7.21. The Bertz CT molecular complexity index is 510. The fourth-order valence-corrected chi connectivity index (χ4v) is 3.38. The van der Waals surface area contributed by atoms with Crippen LogP contribution in [0.4, 0.5) is 0 Å². The molecule has 1 aromatic carbocycles. The van der Waals surface area contributed by atoms with Crippen molar-refractivity contribution < 1.29 is 14.3 Å². The first-order chi connectivity index (χ1) is 10.2. The smallest absolute Gasteiger partial charge is 0.307 e. The Morgan fingerprint density at radius 1 is 1.36 bits per heavy atom. The van der Waals surface area contributed by atoms with Crippen molar-refractivity contribution >= 4 is 36.0 Å². The van der Waals surface area contributed by atoms with Gasteiger partial charge in [-0.2, -0.15) is 11.8 Å². The summed E-state index contributed by atoms with van der Waals surface area (Å²) >= 11 is 1.76. The fourth-order valence-electron chi connectivity index (χ4n) is 2.32. The van der Waals surface area contributed by atoms with E-state index in [0.717, 1.165) is 17.1 Å². The predicted molar refractivity (Wildman–Crippen MR) is 90.4 cm³/mol. The highest BCUT2D eigenvalue weighted by Crippen LogP contribution is 2.21. The molecular weight excluding hydrogens is 324 g/mol. The van der Waals surface area contributed by atoms with E-state index in [0.29, 0.717) is 18.7 Å². The lowest BCUT2D eigenvalue weighted by Gasteiger charge is -2.35. The minimum atomic E-state index is -0.279. The number of nitrogens with zero attached hydrogens (tertiary/aromatic N) is 1. The summed E-state index contributed by atoms with van der Waals surface area (Å²) in [5, 5.41) is 0. The second-order valence-electron chi connectivity index (χ2n) is 4.91. The number of amides is 1. The maximum atomic E-state index is 12.6. The van der Waals surface area contributed by atoms with Crippen molar-refractivity contribution in [2.75, 3.05) is 25.2 Å². The van der Waals surface area contributed by atoms with Crippen molar-refractivity contribution in [3.05, 3.63) is 35.4 Å². The Kier molecular flexibility index (Phi) is 7.72. The Morgan fingerprint density at radius 3 is 2.64 bits per heavy atom. The third kappa shape index (κ3) is 4.63. The number of ether oxygens (including phenoxy) is 1. The van der Waals surface area contributed by atoms with E-state index >= 15 is 0 Å². The maximum Gasteiger partial charge on any atom is 0.307 e. The zero-order chi connectivity index (χ0) is 15.2. The van der Waals surface area contributed by atoms with Gasteiger partial charge in [0.25, 0.3) is 5.91 Å². The van der Waals surface area contributed by atoms with Crippen molar-refractivity contribution in [2.24, 2.45) is 5.73 Å². The van der Waals surface area contributed by atoms with E-state index in [1.165, 1.54) is 7.11 Å². The molecule has 2 rings (SSSR count). The number of esters is 1. The molecule has 1 aromatic rings. The molecule has 0 aliphatic carbocycles. The monoisotopic (exact) mass is 344 g/mol. The highest BCUT2D eigenvalue weighted by atomic mass is 35.5. The van der Waals surface area contributed by atoms with Crippen LogP contribution < -0.4 is 5.73 Å². The van der Waals surface area contributed by atoms with E-state index in [9.17, 15) is 9.59 Å². The van der Waals surface area contributed by atoms with Crippen molar-refractivity contribution in [1.82, 2.24) is 4.90 Å². The second-order valence-corrected chi connectivity index (χ2v) is 6.06. The number of hydrogen-bond donors (Lipinski definition) is 1. The van der Waals surface area contributed by atoms with Crippen LogP contribution in [0.15, 0.2) is 24.3 Å². The molecule has 0 spiro atoms. The Hall–Kier alpha value is -1.24. The first-order valence-electron chi connectivity index (χ1n) is 6.90. The van der Waals surface area contributed by atoms with Crippen LogP contribution in [0.1, 0.15) is 22.3 Å². The molecule has 0 bridgehead atoms. The van der Waals surface area contributed by atoms with Crippen LogP contribution in [0.3, 0.4) is 0 Å². The zero-order valence-electron chi connectivity index (χ0n) is 12.5. The molecule has 0 aromatic heterocycles. The number of nitrogens with two attached hydrogens (primary N) is 1. The van der Waals surface area contributed by atoms with Gasteiger partial charge in [-0.05, 0) is 17.7 Å². The van der Waals surface area contributed by atoms with Crippen molar-refractivity contribution in [3.8, 4) is 0 Å². The number of benzene rings is 1. The number of rotatable bonds is 4. The third-order valence-corrected chi connectivity index (χ3v) is 4.65. The van der Waals surface area contributed by atoms with E-state index in [4.69, 9.17) is 10.5 Å². The molecule has 1 atom stereocenters. The molecule has 2 N–H and O–H groups in total. The molecule has 1 aliphatic heterocycles. The zero-order valence-corrected chi connectivity index (χ0v) is 14.1. The molecular formula is C15H21ClN2O3S. The van der Waals surface area contributed by atoms with Crippen LogP contribution in [-0.2, 0) is 16.1 Å². The largest absolute Gasteiger partial charge is 0.469 e. The number of carbonyl (C=O) groups excluding carboxylic acids is 2. The minimum Gasteiger partial charge on any atom is -0.469 e. The molecule has 1 saturated heterocycles. The van der Waals surface area contributed by atoms with Crippen molar-refractivity contribution in [3.63, 3.8) is 0 Å². The Labute approximate surface area is 141 Å². The topological polar surface area (TPSA) is 72.6 Å². The van der Waals surface area contributed by atoms with Crippen LogP contribution in [0.5, 0.6) is 0 Å². The molecule has 1 heterocycles. The first-order valence-corrected chi connectivity index (χ1v) is 8.05. The fraction of sp³-hybridized carbons (Fsp3) is 0.467. The van der Waals surface area contributed by atoms with E-state index in [2.05, 4.69) is 0 Å².